The molecular formula is C25H29N3O5S. The highest BCUT2D eigenvalue weighted by Crippen LogP contribution is 2.31. The van der Waals surface area contributed by atoms with Crippen LogP contribution in [-0.4, -0.2) is 38.0 Å². The summed E-state index contributed by atoms with van der Waals surface area (Å²) < 4.78 is 38.9. The van der Waals surface area contributed by atoms with Gasteiger partial charge in [0, 0.05) is 25.1 Å². The Morgan fingerprint density at radius 2 is 1.71 bits per heavy atom. The number of aryl methyl sites for hydroxylation is 5. The summed E-state index contributed by atoms with van der Waals surface area (Å²) in [4.78, 5) is 21.6. The summed E-state index contributed by atoms with van der Waals surface area (Å²) in [5, 5.41) is -0.233. The van der Waals surface area contributed by atoms with Crippen LogP contribution in [0.2, 0.25) is 0 Å². The smallest absolute Gasteiger partial charge is 0.281 e. The van der Waals surface area contributed by atoms with E-state index in [1.165, 1.54) is 12.1 Å². The Morgan fingerprint density at radius 3 is 2.38 bits per heavy atom. The van der Waals surface area contributed by atoms with Crippen molar-refractivity contribution in [2.75, 3.05) is 13.7 Å². The van der Waals surface area contributed by atoms with Crippen LogP contribution in [0.25, 0.3) is 0 Å². The third-order valence-electron chi connectivity index (χ3n) is 5.11. The van der Waals surface area contributed by atoms with Gasteiger partial charge in [0.05, 0.1) is 0 Å². The molecule has 0 saturated heterocycles. The molecule has 2 heterocycles. The summed E-state index contributed by atoms with van der Waals surface area (Å²) in [7, 11) is -2.61. The van der Waals surface area contributed by atoms with Gasteiger partial charge in [0.2, 0.25) is 5.88 Å². The highest BCUT2D eigenvalue weighted by molar-refractivity contribution is 7.90. The molecule has 0 bridgehead atoms. The Balaban J connectivity index is 1.87. The van der Waals surface area contributed by atoms with Crippen molar-refractivity contribution in [3.63, 3.8) is 0 Å². The lowest BCUT2D eigenvalue weighted by Gasteiger charge is -2.15. The summed E-state index contributed by atoms with van der Waals surface area (Å²) >= 11 is 0. The second-order valence-electron chi connectivity index (χ2n) is 8.13. The number of pyridine rings is 2. The molecule has 0 spiro atoms. The van der Waals surface area contributed by atoms with Crippen molar-refractivity contribution in [3.05, 3.63) is 76.1 Å². The van der Waals surface area contributed by atoms with Crippen LogP contribution in [0, 0.1) is 27.7 Å². The Bertz CT molecular complexity index is 1280. The van der Waals surface area contributed by atoms with Crippen molar-refractivity contribution < 1.29 is 22.7 Å². The van der Waals surface area contributed by atoms with Crippen molar-refractivity contribution >= 4 is 15.9 Å². The zero-order chi connectivity index (χ0) is 24.9. The lowest BCUT2D eigenvalue weighted by atomic mass is 10.1. The first-order valence-electron chi connectivity index (χ1n) is 10.9. The van der Waals surface area contributed by atoms with Gasteiger partial charge in [0.15, 0.2) is 5.03 Å². The molecule has 9 heteroatoms. The fourth-order valence-electron chi connectivity index (χ4n) is 3.58. The van der Waals surface area contributed by atoms with Gasteiger partial charge >= 0.3 is 0 Å². The quantitative estimate of drug-likeness (QED) is 0.455. The van der Waals surface area contributed by atoms with E-state index >= 15 is 0 Å². The van der Waals surface area contributed by atoms with E-state index in [4.69, 9.17) is 9.47 Å². The number of nitrogens with one attached hydrogen (secondary N) is 1. The molecule has 8 nitrogen and oxygen atoms in total. The number of ether oxygens (including phenoxy) is 2. The van der Waals surface area contributed by atoms with E-state index in [9.17, 15) is 13.2 Å². The lowest BCUT2D eigenvalue weighted by Crippen LogP contribution is -2.31. The van der Waals surface area contributed by atoms with Gasteiger partial charge in [0.25, 0.3) is 15.9 Å². The number of carbonyl (C=O) groups is 1. The Hall–Kier alpha value is -3.30. The first-order chi connectivity index (χ1) is 16.1. The molecule has 34 heavy (non-hydrogen) atoms. The number of sulfonamides is 1. The van der Waals surface area contributed by atoms with E-state index in [0.29, 0.717) is 36.6 Å². The van der Waals surface area contributed by atoms with Crippen molar-refractivity contribution in [2.24, 2.45) is 0 Å². The van der Waals surface area contributed by atoms with E-state index in [1.54, 1.807) is 32.2 Å². The largest absolute Gasteiger partial charge is 0.438 e. The molecular weight excluding hydrogens is 454 g/mol. The van der Waals surface area contributed by atoms with Gasteiger partial charge < -0.3 is 9.47 Å². The first-order valence-corrected chi connectivity index (χ1v) is 12.3. The Labute approximate surface area is 200 Å². The van der Waals surface area contributed by atoms with Crippen LogP contribution in [-0.2, 0) is 21.2 Å². The highest BCUT2D eigenvalue weighted by atomic mass is 32.2. The van der Waals surface area contributed by atoms with Gasteiger partial charge in [-0.3, -0.25) is 4.79 Å². The van der Waals surface area contributed by atoms with E-state index in [2.05, 4.69) is 14.7 Å². The van der Waals surface area contributed by atoms with Gasteiger partial charge in [-0.2, -0.15) is 8.42 Å². The number of hydrogen-bond acceptors (Lipinski definition) is 7. The second-order valence-corrected chi connectivity index (χ2v) is 9.76. The topological polar surface area (TPSA) is 107 Å². The molecule has 0 aliphatic carbocycles. The minimum absolute atomic E-state index is 0.00444. The van der Waals surface area contributed by atoms with Crippen molar-refractivity contribution in [1.82, 2.24) is 14.7 Å². The molecule has 0 atom stereocenters. The summed E-state index contributed by atoms with van der Waals surface area (Å²) in [6, 6.07) is 11.7. The van der Waals surface area contributed by atoms with Gasteiger partial charge in [-0.1, -0.05) is 23.8 Å². The zero-order valence-corrected chi connectivity index (χ0v) is 20.8. The molecule has 3 aromatic rings. The average Bonchev–Trinajstić information content (AvgIpc) is 2.76. The van der Waals surface area contributed by atoms with E-state index < -0.39 is 15.9 Å². The van der Waals surface area contributed by atoms with Crippen LogP contribution in [0.5, 0.6) is 11.6 Å². The molecule has 0 saturated carbocycles. The fraction of sp³-hybridized carbons (Fsp3) is 0.320. The summed E-state index contributed by atoms with van der Waals surface area (Å²) in [6.45, 7) is 8.10. The minimum Gasteiger partial charge on any atom is -0.438 e. The van der Waals surface area contributed by atoms with Gasteiger partial charge in [0.1, 0.15) is 11.3 Å². The molecule has 0 aliphatic heterocycles. The maximum absolute atomic E-state index is 13.0. The SMILES string of the molecule is COCCCc1cccc(S(=O)(=O)NC(=O)c2ccc(C)nc2Oc2c(C)cc(C)cc2C)n1. The summed E-state index contributed by atoms with van der Waals surface area (Å²) in [6.07, 6.45) is 1.26. The number of benzene rings is 1. The number of nitrogens with zero attached hydrogens (tertiary/aromatic N) is 2. The minimum atomic E-state index is -4.21. The third-order valence-corrected chi connectivity index (χ3v) is 6.34. The standard InChI is InChI=1S/C25H29N3O5S/c1-16-14-17(2)23(18(3)15-16)33-25-21(12-11-19(4)26-25)24(29)28-34(30,31)22-10-6-8-20(27-22)9-7-13-32-5/h6,8,10-12,14-15H,7,9,13H2,1-5H3,(H,28,29). The van der Waals surface area contributed by atoms with Gasteiger partial charge in [-0.15, -0.1) is 0 Å². The first kappa shape index (κ1) is 25.3. The van der Waals surface area contributed by atoms with Crippen molar-refractivity contribution in [1.29, 1.82) is 0 Å². The predicted octanol–water partition coefficient (Wildman–Crippen LogP) is 4.20. The maximum atomic E-state index is 13.0. The Kier molecular flexibility index (Phi) is 8.01. The monoisotopic (exact) mass is 483 g/mol. The molecule has 1 amide bonds. The van der Waals surface area contributed by atoms with E-state index in [1.807, 2.05) is 32.9 Å². The second kappa shape index (κ2) is 10.8. The highest BCUT2D eigenvalue weighted by Gasteiger charge is 2.24. The van der Waals surface area contributed by atoms with Crippen LogP contribution in [0.15, 0.2) is 47.5 Å². The number of methoxy groups -OCH3 is 1. The third kappa shape index (κ3) is 6.18. The molecule has 3 rings (SSSR count). The molecule has 2 aromatic heterocycles. The Morgan fingerprint density at radius 1 is 1.00 bits per heavy atom. The number of carbonyl (C=O) groups excluding carboxylic acids is 1. The number of amides is 1. The van der Waals surface area contributed by atoms with Crippen molar-refractivity contribution in [2.45, 2.75) is 45.6 Å². The summed E-state index contributed by atoms with van der Waals surface area (Å²) in [5.41, 5.74) is 4.08. The van der Waals surface area contributed by atoms with Crippen LogP contribution in [0.3, 0.4) is 0 Å². The fourth-order valence-corrected chi connectivity index (χ4v) is 4.54. The van der Waals surface area contributed by atoms with Gasteiger partial charge in [-0.05, 0) is 75.9 Å². The molecule has 180 valence electrons. The van der Waals surface area contributed by atoms with E-state index in [0.717, 1.165) is 16.7 Å². The molecule has 0 unspecified atom stereocenters. The van der Waals surface area contributed by atoms with Crippen LogP contribution in [0.1, 0.15) is 44.9 Å². The van der Waals surface area contributed by atoms with E-state index in [-0.39, 0.29) is 16.5 Å². The number of rotatable bonds is 9. The average molecular weight is 484 g/mol. The van der Waals surface area contributed by atoms with Gasteiger partial charge in [-0.25, -0.2) is 14.7 Å². The zero-order valence-electron chi connectivity index (χ0n) is 20.0. The molecule has 1 aromatic carbocycles. The predicted molar refractivity (Wildman–Crippen MR) is 129 cm³/mol. The molecule has 0 aliphatic rings. The van der Waals surface area contributed by atoms with Crippen LogP contribution in [0.4, 0.5) is 0 Å². The van der Waals surface area contributed by atoms with Crippen molar-refractivity contribution in [3.8, 4) is 11.6 Å². The molecule has 1 N–H and O–H groups in total. The number of aromatic nitrogens is 2. The number of hydrogen-bond donors (Lipinski definition) is 1. The normalized spacial score (nSPS) is 11.3. The maximum Gasteiger partial charge on any atom is 0.281 e. The molecule has 0 fully saturated rings. The van der Waals surface area contributed by atoms with Crippen LogP contribution < -0.4 is 9.46 Å². The van der Waals surface area contributed by atoms with Crippen LogP contribution >= 0.6 is 0 Å². The lowest BCUT2D eigenvalue weighted by molar-refractivity contribution is 0.0978. The summed E-state index contributed by atoms with van der Waals surface area (Å²) in [5.74, 6) is -0.244. The molecule has 0 radical (unpaired) electrons.